The summed E-state index contributed by atoms with van der Waals surface area (Å²) in [5.74, 6) is 1.46. The topological polar surface area (TPSA) is 79.7 Å². The number of hydrogen-bond acceptors (Lipinski definition) is 6. The van der Waals surface area contributed by atoms with Gasteiger partial charge in [-0.3, -0.25) is 4.68 Å². The lowest BCUT2D eigenvalue weighted by molar-refractivity contribution is 0.632. The summed E-state index contributed by atoms with van der Waals surface area (Å²) in [5, 5.41) is 14.2. The van der Waals surface area contributed by atoms with E-state index in [1.165, 1.54) is 12.8 Å². The van der Waals surface area contributed by atoms with Gasteiger partial charge >= 0.3 is 0 Å². The predicted octanol–water partition coefficient (Wildman–Crippen LogP) is 1.43. The second-order valence-corrected chi connectivity index (χ2v) is 5.43. The smallest absolute Gasteiger partial charge is 0.229 e. The fourth-order valence-corrected chi connectivity index (χ4v) is 2.45. The van der Waals surface area contributed by atoms with Crippen LogP contribution < -0.4 is 16.0 Å². The number of aryl methyl sites for hydroxylation is 2. The molecule has 0 aromatic carbocycles. The Hall–Kier alpha value is -2.15. The summed E-state index contributed by atoms with van der Waals surface area (Å²) >= 11 is 0. The summed E-state index contributed by atoms with van der Waals surface area (Å²) in [4.78, 5) is 8.85. The zero-order chi connectivity index (χ0) is 14.7. The van der Waals surface area contributed by atoms with Crippen molar-refractivity contribution in [3.8, 4) is 0 Å². The van der Waals surface area contributed by atoms with E-state index < -0.39 is 0 Å². The Bertz CT molecular complexity index is 601. The molecule has 3 rings (SSSR count). The van der Waals surface area contributed by atoms with Gasteiger partial charge < -0.3 is 16.0 Å². The first kappa shape index (κ1) is 13.8. The maximum atomic E-state index is 4.54. The van der Waals surface area contributed by atoms with E-state index in [0.717, 1.165) is 30.2 Å². The Balaban J connectivity index is 1.66. The number of nitrogens with one attached hydrogen (secondary N) is 3. The molecule has 1 aliphatic heterocycles. The number of rotatable bonds is 5. The zero-order valence-corrected chi connectivity index (χ0v) is 12.4. The maximum absolute atomic E-state index is 4.54. The van der Waals surface area contributed by atoms with Gasteiger partial charge in [0, 0.05) is 37.6 Å². The summed E-state index contributed by atoms with van der Waals surface area (Å²) in [7, 11) is 1.88. The van der Waals surface area contributed by atoms with Gasteiger partial charge in [-0.25, -0.2) is 4.98 Å². The first-order chi connectivity index (χ1) is 10.2. The second-order valence-electron chi connectivity index (χ2n) is 5.43. The Labute approximate surface area is 124 Å². The van der Waals surface area contributed by atoms with Gasteiger partial charge in [0.05, 0.1) is 11.9 Å². The molecule has 0 aliphatic carbocycles. The van der Waals surface area contributed by atoms with Gasteiger partial charge in [0.2, 0.25) is 5.95 Å². The van der Waals surface area contributed by atoms with Crippen molar-refractivity contribution in [3.05, 3.63) is 24.2 Å². The van der Waals surface area contributed by atoms with Crippen molar-refractivity contribution < 1.29 is 0 Å². The van der Waals surface area contributed by atoms with Crippen LogP contribution in [0.25, 0.3) is 0 Å². The molecule has 1 atom stereocenters. The summed E-state index contributed by atoms with van der Waals surface area (Å²) < 4.78 is 1.74. The fourth-order valence-electron chi connectivity index (χ4n) is 2.45. The quantitative estimate of drug-likeness (QED) is 0.772. The third-order valence-corrected chi connectivity index (χ3v) is 3.61. The van der Waals surface area contributed by atoms with Crippen molar-refractivity contribution in [1.82, 2.24) is 25.1 Å². The third-order valence-electron chi connectivity index (χ3n) is 3.61. The predicted molar refractivity (Wildman–Crippen MR) is 82.8 cm³/mol. The highest BCUT2D eigenvalue weighted by Crippen LogP contribution is 2.17. The number of hydrogen-bond donors (Lipinski definition) is 3. The number of aromatic nitrogens is 4. The molecule has 2 aromatic heterocycles. The van der Waals surface area contributed by atoms with Crippen molar-refractivity contribution >= 4 is 17.5 Å². The largest absolute Gasteiger partial charge is 0.368 e. The average Bonchev–Trinajstić information content (AvgIpc) is 3.11. The van der Waals surface area contributed by atoms with E-state index in [1.54, 1.807) is 10.9 Å². The molecule has 112 valence electrons. The van der Waals surface area contributed by atoms with Crippen molar-refractivity contribution in [1.29, 1.82) is 0 Å². The standard InChI is InChI=1S/C14H21N7/c1-10-6-17-14(19-12-8-18-21(2)9-12)20-13(10)16-7-11-4-3-5-15-11/h6,8-9,11,15H,3-5,7H2,1-2H3,(H2,16,17,19,20)/t11-/m1/s1. The van der Waals surface area contributed by atoms with E-state index in [-0.39, 0.29) is 0 Å². The van der Waals surface area contributed by atoms with E-state index in [0.29, 0.717) is 12.0 Å². The average molecular weight is 287 g/mol. The maximum Gasteiger partial charge on any atom is 0.229 e. The number of nitrogens with zero attached hydrogens (tertiary/aromatic N) is 4. The Morgan fingerprint density at radius 2 is 2.33 bits per heavy atom. The van der Waals surface area contributed by atoms with Crippen molar-refractivity contribution in [2.24, 2.45) is 7.05 Å². The van der Waals surface area contributed by atoms with Gasteiger partial charge in [0.15, 0.2) is 0 Å². The Morgan fingerprint density at radius 1 is 1.43 bits per heavy atom. The van der Waals surface area contributed by atoms with Crippen LogP contribution in [0.4, 0.5) is 17.5 Å². The molecule has 0 saturated carbocycles. The molecule has 7 nitrogen and oxygen atoms in total. The molecule has 3 N–H and O–H groups in total. The molecular formula is C14H21N7. The highest BCUT2D eigenvalue weighted by molar-refractivity contribution is 5.54. The summed E-state index contributed by atoms with van der Waals surface area (Å²) in [6.07, 6.45) is 7.94. The lowest BCUT2D eigenvalue weighted by Gasteiger charge is -2.14. The highest BCUT2D eigenvalue weighted by Gasteiger charge is 2.14. The molecule has 0 unspecified atom stereocenters. The van der Waals surface area contributed by atoms with Crippen LogP contribution in [0, 0.1) is 6.92 Å². The van der Waals surface area contributed by atoms with E-state index in [1.807, 2.05) is 26.4 Å². The first-order valence-electron chi connectivity index (χ1n) is 7.27. The Kier molecular flexibility index (Phi) is 4.01. The number of anilines is 3. The normalized spacial score (nSPS) is 17.9. The van der Waals surface area contributed by atoms with Crippen molar-refractivity contribution in [2.75, 3.05) is 23.7 Å². The monoisotopic (exact) mass is 287 g/mol. The summed E-state index contributed by atoms with van der Waals surface area (Å²) in [6, 6.07) is 0.536. The van der Waals surface area contributed by atoms with E-state index in [9.17, 15) is 0 Å². The molecular weight excluding hydrogens is 266 g/mol. The second kappa shape index (κ2) is 6.09. The van der Waals surface area contributed by atoms with Crippen LogP contribution in [-0.4, -0.2) is 38.9 Å². The van der Waals surface area contributed by atoms with Gasteiger partial charge in [0.25, 0.3) is 0 Å². The molecule has 3 heterocycles. The minimum absolute atomic E-state index is 0.536. The van der Waals surface area contributed by atoms with Crippen LogP contribution in [0.1, 0.15) is 18.4 Å². The minimum Gasteiger partial charge on any atom is -0.368 e. The van der Waals surface area contributed by atoms with Crippen molar-refractivity contribution in [3.63, 3.8) is 0 Å². The molecule has 0 bridgehead atoms. The SMILES string of the molecule is Cc1cnc(Nc2cnn(C)c2)nc1NC[C@H]1CCCN1. The Morgan fingerprint density at radius 3 is 3.05 bits per heavy atom. The van der Waals surface area contributed by atoms with Crippen LogP contribution in [0.5, 0.6) is 0 Å². The van der Waals surface area contributed by atoms with Crippen LogP contribution >= 0.6 is 0 Å². The molecule has 2 aromatic rings. The van der Waals surface area contributed by atoms with Crippen LogP contribution in [0.2, 0.25) is 0 Å². The van der Waals surface area contributed by atoms with Gasteiger partial charge in [-0.2, -0.15) is 10.1 Å². The van der Waals surface area contributed by atoms with Gasteiger partial charge in [-0.05, 0) is 26.3 Å². The molecule has 7 heteroatoms. The van der Waals surface area contributed by atoms with Crippen molar-refractivity contribution in [2.45, 2.75) is 25.8 Å². The van der Waals surface area contributed by atoms with E-state index in [2.05, 4.69) is 31.0 Å². The summed E-state index contributed by atoms with van der Waals surface area (Å²) in [6.45, 7) is 4.02. The highest BCUT2D eigenvalue weighted by atomic mass is 15.3. The van der Waals surface area contributed by atoms with Gasteiger partial charge in [-0.15, -0.1) is 0 Å². The molecule has 0 spiro atoms. The fraction of sp³-hybridized carbons (Fsp3) is 0.500. The van der Waals surface area contributed by atoms with Crippen LogP contribution in [0.15, 0.2) is 18.6 Å². The van der Waals surface area contributed by atoms with Gasteiger partial charge in [0.1, 0.15) is 5.82 Å². The minimum atomic E-state index is 0.536. The first-order valence-corrected chi connectivity index (χ1v) is 7.27. The van der Waals surface area contributed by atoms with Gasteiger partial charge in [-0.1, -0.05) is 0 Å². The molecule has 1 aliphatic rings. The molecule has 1 fully saturated rings. The molecule has 1 saturated heterocycles. The lowest BCUT2D eigenvalue weighted by Crippen LogP contribution is -2.29. The zero-order valence-electron chi connectivity index (χ0n) is 12.4. The molecule has 21 heavy (non-hydrogen) atoms. The van der Waals surface area contributed by atoms with E-state index in [4.69, 9.17) is 0 Å². The lowest BCUT2D eigenvalue weighted by atomic mass is 10.2. The van der Waals surface area contributed by atoms with Crippen LogP contribution in [0.3, 0.4) is 0 Å². The third kappa shape index (κ3) is 3.49. The summed E-state index contributed by atoms with van der Waals surface area (Å²) in [5.41, 5.74) is 1.93. The molecule has 0 radical (unpaired) electrons. The van der Waals surface area contributed by atoms with Crippen LogP contribution in [-0.2, 0) is 7.05 Å². The molecule has 0 amide bonds. The van der Waals surface area contributed by atoms with E-state index >= 15 is 0 Å².